The van der Waals surface area contributed by atoms with E-state index in [4.69, 9.17) is 10.00 Å². The molecule has 192 valence electrons. The van der Waals surface area contributed by atoms with Crippen LogP contribution < -0.4 is 15.4 Å². The molecule has 3 aromatic rings. The zero-order chi connectivity index (χ0) is 26.4. The Hall–Kier alpha value is -3.96. The third-order valence-corrected chi connectivity index (χ3v) is 6.84. The standard InChI is InChI=1S/C29H34N6O2/c1-5-37-26-13-8-20-6-7-21(16-24(20)27(26)32-18-19(2)17-30)25-14-15-31-28(34-25)29(36)33-22-9-11-23(12-10-22)35(3)4/h6-8,13-16,22-23,32H,2,5,9-12,18H2,1,3-4H3,(H,33,36)/t22-,23+. The quantitative estimate of drug-likeness (QED) is 0.409. The van der Waals surface area contributed by atoms with Crippen molar-refractivity contribution in [2.24, 2.45) is 0 Å². The number of anilines is 1. The van der Waals surface area contributed by atoms with E-state index in [-0.39, 0.29) is 17.8 Å². The number of hydrogen-bond acceptors (Lipinski definition) is 7. The van der Waals surface area contributed by atoms with Crippen LogP contribution in [0.15, 0.2) is 54.7 Å². The van der Waals surface area contributed by atoms with Crippen molar-refractivity contribution in [3.8, 4) is 23.1 Å². The maximum Gasteiger partial charge on any atom is 0.289 e. The summed E-state index contributed by atoms with van der Waals surface area (Å²) in [6, 6.07) is 14.5. The Labute approximate surface area is 218 Å². The first-order chi connectivity index (χ1) is 17.9. The van der Waals surface area contributed by atoms with E-state index in [2.05, 4.69) is 52.2 Å². The number of benzene rings is 2. The Morgan fingerprint density at radius 3 is 2.65 bits per heavy atom. The summed E-state index contributed by atoms with van der Waals surface area (Å²) < 4.78 is 5.84. The van der Waals surface area contributed by atoms with Crippen LogP contribution in [0.1, 0.15) is 43.2 Å². The van der Waals surface area contributed by atoms with E-state index >= 15 is 0 Å². The molecular formula is C29H34N6O2. The van der Waals surface area contributed by atoms with Crippen LogP contribution in [0.5, 0.6) is 5.75 Å². The zero-order valence-electron chi connectivity index (χ0n) is 21.8. The Morgan fingerprint density at radius 1 is 1.19 bits per heavy atom. The Balaban J connectivity index is 1.58. The van der Waals surface area contributed by atoms with Crippen LogP contribution in [0.3, 0.4) is 0 Å². The Bertz CT molecular complexity index is 1320. The smallest absolute Gasteiger partial charge is 0.289 e. The highest BCUT2D eigenvalue weighted by atomic mass is 16.5. The summed E-state index contributed by atoms with van der Waals surface area (Å²) in [6.07, 6.45) is 5.66. The predicted molar refractivity (Wildman–Crippen MR) is 147 cm³/mol. The third kappa shape index (κ3) is 6.25. The van der Waals surface area contributed by atoms with E-state index in [0.717, 1.165) is 47.7 Å². The van der Waals surface area contributed by atoms with Gasteiger partial charge in [-0.2, -0.15) is 5.26 Å². The highest BCUT2D eigenvalue weighted by Crippen LogP contribution is 2.36. The van der Waals surface area contributed by atoms with Crippen LogP contribution in [-0.4, -0.2) is 60.1 Å². The average molecular weight is 499 g/mol. The van der Waals surface area contributed by atoms with Gasteiger partial charge < -0.3 is 20.3 Å². The molecule has 2 N–H and O–H groups in total. The number of carbonyl (C=O) groups excluding carboxylic acids is 1. The largest absolute Gasteiger partial charge is 0.492 e. The normalized spacial score (nSPS) is 17.3. The minimum absolute atomic E-state index is 0.144. The predicted octanol–water partition coefficient (Wildman–Crippen LogP) is 4.79. The Morgan fingerprint density at radius 2 is 1.95 bits per heavy atom. The molecule has 0 saturated heterocycles. The maximum absolute atomic E-state index is 13.0. The van der Waals surface area contributed by atoms with E-state index in [0.29, 0.717) is 36.2 Å². The molecule has 37 heavy (non-hydrogen) atoms. The van der Waals surface area contributed by atoms with Gasteiger partial charge >= 0.3 is 0 Å². The van der Waals surface area contributed by atoms with Crippen LogP contribution in [0.25, 0.3) is 22.0 Å². The summed E-state index contributed by atoms with van der Waals surface area (Å²) in [6.45, 7) is 6.53. The highest BCUT2D eigenvalue weighted by Gasteiger charge is 2.24. The molecule has 1 aromatic heterocycles. The number of carbonyl (C=O) groups is 1. The third-order valence-electron chi connectivity index (χ3n) is 6.84. The molecule has 0 bridgehead atoms. The van der Waals surface area contributed by atoms with Crippen LogP contribution in [0.4, 0.5) is 5.69 Å². The number of fused-ring (bicyclic) bond motifs is 1. The van der Waals surface area contributed by atoms with Crippen molar-refractivity contribution in [1.29, 1.82) is 5.26 Å². The first-order valence-corrected chi connectivity index (χ1v) is 12.7. The molecule has 1 aliphatic rings. The van der Waals surface area contributed by atoms with Gasteiger partial charge in [0.15, 0.2) is 0 Å². The highest BCUT2D eigenvalue weighted by molar-refractivity contribution is 5.99. The molecular weight excluding hydrogens is 464 g/mol. The number of nitriles is 1. The zero-order valence-corrected chi connectivity index (χ0v) is 21.8. The van der Waals surface area contributed by atoms with Gasteiger partial charge in [0, 0.05) is 41.3 Å². The van der Waals surface area contributed by atoms with E-state index in [9.17, 15) is 4.79 Å². The maximum atomic E-state index is 13.0. The van der Waals surface area contributed by atoms with Crippen molar-refractivity contribution in [2.75, 3.05) is 32.6 Å². The molecule has 0 aliphatic heterocycles. The lowest BCUT2D eigenvalue weighted by Crippen LogP contribution is -2.42. The average Bonchev–Trinajstić information content (AvgIpc) is 2.92. The minimum Gasteiger partial charge on any atom is -0.492 e. The van der Waals surface area contributed by atoms with E-state index < -0.39 is 0 Å². The minimum atomic E-state index is -0.244. The van der Waals surface area contributed by atoms with E-state index in [1.54, 1.807) is 12.3 Å². The van der Waals surface area contributed by atoms with Gasteiger partial charge in [-0.1, -0.05) is 24.8 Å². The molecule has 1 amide bonds. The monoisotopic (exact) mass is 498 g/mol. The second-order valence-corrected chi connectivity index (χ2v) is 9.58. The molecule has 1 fully saturated rings. The number of amides is 1. The van der Waals surface area contributed by atoms with Crippen LogP contribution >= 0.6 is 0 Å². The van der Waals surface area contributed by atoms with E-state index in [1.807, 2.05) is 37.3 Å². The fourth-order valence-corrected chi connectivity index (χ4v) is 4.77. The number of ether oxygens (including phenoxy) is 1. The molecule has 2 aromatic carbocycles. The molecule has 8 heteroatoms. The van der Waals surface area contributed by atoms with E-state index in [1.165, 1.54) is 0 Å². The van der Waals surface area contributed by atoms with Crippen molar-refractivity contribution in [2.45, 2.75) is 44.7 Å². The molecule has 0 unspecified atom stereocenters. The number of rotatable bonds is 9. The SMILES string of the molecule is C=C(C#N)CNc1c(OCC)ccc2ccc(-c3ccnc(C(=O)N[C@H]4CC[C@@H](N(C)C)CC4)n3)cc12. The molecule has 8 nitrogen and oxygen atoms in total. The molecule has 0 spiro atoms. The lowest BCUT2D eigenvalue weighted by atomic mass is 9.90. The van der Waals surface area contributed by atoms with Crippen molar-refractivity contribution >= 4 is 22.4 Å². The number of nitrogens with one attached hydrogen (secondary N) is 2. The number of hydrogen-bond donors (Lipinski definition) is 2. The van der Waals surface area contributed by atoms with Crippen molar-refractivity contribution in [1.82, 2.24) is 20.2 Å². The fraction of sp³-hybridized carbons (Fsp3) is 0.379. The van der Waals surface area contributed by atoms with Gasteiger partial charge in [0.25, 0.3) is 5.91 Å². The number of nitrogens with zero attached hydrogens (tertiary/aromatic N) is 4. The summed E-state index contributed by atoms with van der Waals surface area (Å²) in [5.74, 6) is 0.621. The molecule has 4 rings (SSSR count). The molecule has 1 saturated carbocycles. The molecule has 1 heterocycles. The molecule has 0 radical (unpaired) electrons. The summed E-state index contributed by atoms with van der Waals surface area (Å²) in [5.41, 5.74) is 2.73. The summed E-state index contributed by atoms with van der Waals surface area (Å²) in [5, 5.41) is 17.5. The van der Waals surface area contributed by atoms with Gasteiger partial charge in [-0.15, -0.1) is 0 Å². The van der Waals surface area contributed by atoms with Gasteiger partial charge in [-0.05, 0) is 70.3 Å². The van der Waals surface area contributed by atoms with Crippen LogP contribution in [0, 0.1) is 11.3 Å². The summed E-state index contributed by atoms with van der Waals surface area (Å²) in [4.78, 5) is 24.1. The number of aromatic nitrogens is 2. The van der Waals surface area contributed by atoms with Crippen molar-refractivity contribution < 1.29 is 9.53 Å². The van der Waals surface area contributed by atoms with Crippen LogP contribution in [-0.2, 0) is 0 Å². The first kappa shape index (κ1) is 26.1. The lowest BCUT2D eigenvalue weighted by molar-refractivity contribution is 0.0905. The second-order valence-electron chi connectivity index (χ2n) is 9.58. The Kier molecular flexibility index (Phi) is 8.36. The first-order valence-electron chi connectivity index (χ1n) is 12.7. The molecule has 0 atom stereocenters. The van der Waals surface area contributed by atoms with Gasteiger partial charge in [-0.3, -0.25) is 4.79 Å². The summed E-state index contributed by atoms with van der Waals surface area (Å²) >= 11 is 0. The van der Waals surface area contributed by atoms with Crippen molar-refractivity contribution in [3.05, 3.63) is 60.6 Å². The topological polar surface area (TPSA) is 103 Å². The van der Waals surface area contributed by atoms with Crippen LogP contribution in [0.2, 0.25) is 0 Å². The lowest BCUT2D eigenvalue weighted by Gasteiger charge is -2.32. The van der Waals surface area contributed by atoms with Crippen molar-refractivity contribution in [3.63, 3.8) is 0 Å². The molecule has 1 aliphatic carbocycles. The van der Waals surface area contributed by atoms with Gasteiger partial charge in [0.05, 0.1) is 24.1 Å². The fourth-order valence-electron chi connectivity index (χ4n) is 4.77. The van der Waals surface area contributed by atoms with Gasteiger partial charge in [-0.25, -0.2) is 9.97 Å². The second kappa shape index (κ2) is 11.8. The summed E-state index contributed by atoms with van der Waals surface area (Å²) in [7, 11) is 4.21. The van der Waals surface area contributed by atoms with Gasteiger partial charge in [0.2, 0.25) is 5.82 Å². The van der Waals surface area contributed by atoms with Gasteiger partial charge in [0.1, 0.15) is 5.75 Å².